The standard InChI is InChI=1S/C15H20O3/c1-5-17-13(16)15(12-9-7-6-8-10-12)14(3,4)11(2)18-15/h6-11H,5H2,1-4H3/t11-,15-/m0/s1. The molecule has 0 radical (unpaired) electrons. The molecule has 2 rings (SSSR count). The number of esters is 1. The second-order valence-electron chi connectivity index (χ2n) is 5.25. The summed E-state index contributed by atoms with van der Waals surface area (Å²) in [6.07, 6.45) is 0.0297. The van der Waals surface area contributed by atoms with Crippen LogP contribution in [0.15, 0.2) is 30.3 Å². The van der Waals surface area contributed by atoms with Gasteiger partial charge in [0.2, 0.25) is 0 Å². The maximum absolute atomic E-state index is 12.4. The number of carbonyl (C=O) groups is 1. The fourth-order valence-electron chi connectivity index (χ4n) is 2.57. The molecule has 1 aromatic rings. The van der Waals surface area contributed by atoms with Crippen molar-refractivity contribution in [2.45, 2.75) is 39.4 Å². The minimum Gasteiger partial charge on any atom is -0.464 e. The van der Waals surface area contributed by atoms with Crippen LogP contribution in [0.1, 0.15) is 33.3 Å². The van der Waals surface area contributed by atoms with Crippen molar-refractivity contribution < 1.29 is 14.3 Å². The van der Waals surface area contributed by atoms with E-state index in [0.29, 0.717) is 6.61 Å². The van der Waals surface area contributed by atoms with E-state index in [1.807, 2.05) is 58.0 Å². The van der Waals surface area contributed by atoms with Crippen LogP contribution in [-0.2, 0) is 19.9 Å². The summed E-state index contributed by atoms with van der Waals surface area (Å²) in [7, 11) is 0. The summed E-state index contributed by atoms with van der Waals surface area (Å²) in [5.41, 5.74) is -0.379. The summed E-state index contributed by atoms with van der Waals surface area (Å²) in [6.45, 7) is 8.25. The lowest BCUT2D eigenvalue weighted by Gasteiger charge is -2.58. The molecule has 2 atom stereocenters. The number of hydrogen-bond acceptors (Lipinski definition) is 3. The van der Waals surface area contributed by atoms with E-state index in [1.165, 1.54) is 0 Å². The highest BCUT2D eigenvalue weighted by atomic mass is 16.6. The van der Waals surface area contributed by atoms with Crippen LogP contribution in [0.5, 0.6) is 0 Å². The van der Waals surface area contributed by atoms with E-state index >= 15 is 0 Å². The first-order valence-corrected chi connectivity index (χ1v) is 6.37. The van der Waals surface area contributed by atoms with Gasteiger partial charge in [-0.2, -0.15) is 0 Å². The monoisotopic (exact) mass is 248 g/mol. The fourth-order valence-corrected chi connectivity index (χ4v) is 2.57. The SMILES string of the molecule is CCOC(=O)[C@]1(c2ccccc2)O[C@@H](C)C1(C)C. The molecule has 1 aliphatic rings. The van der Waals surface area contributed by atoms with Gasteiger partial charge in [0.25, 0.3) is 0 Å². The Morgan fingerprint density at radius 3 is 2.39 bits per heavy atom. The molecule has 3 heteroatoms. The minimum absolute atomic E-state index is 0.0297. The highest BCUT2D eigenvalue weighted by Crippen LogP contribution is 2.56. The smallest absolute Gasteiger partial charge is 0.343 e. The van der Waals surface area contributed by atoms with Gasteiger partial charge in [0.05, 0.1) is 12.7 Å². The van der Waals surface area contributed by atoms with Crippen molar-refractivity contribution in [2.24, 2.45) is 5.41 Å². The summed E-state index contributed by atoms with van der Waals surface area (Å²) >= 11 is 0. The van der Waals surface area contributed by atoms with Gasteiger partial charge in [-0.1, -0.05) is 44.2 Å². The van der Waals surface area contributed by atoms with Gasteiger partial charge in [0, 0.05) is 5.41 Å². The quantitative estimate of drug-likeness (QED) is 0.772. The first-order chi connectivity index (χ1) is 8.46. The summed E-state index contributed by atoms with van der Waals surface area (Å²) in [4.78, 5) is 12.4. The summed E-state index contributed by atoms with van der Waals surface area (Å²) in [5.74, 6) is -0.292. The van der Waals surface area contributed by atoms with Crippen LogP contribution in [-0.4, -0.2) is 18.7 Å². The number of ether oxygens (including phenoxy) is 2. The third-order valence-electron chi connectivity index (χ3n) is 4.02. The molecule has 0 amide bonds. The van der Waals surface area contributed by atoms with Crippen molar-refractivity contribution in [2.75, 3.05) is 6.61 Å². The van der Waals surface area contributed by atoms with E-state index < -0.39 is 5.60 Å². The zero-order valence-corrected chi connectivity index (χ0v) is 11.4. The van der Waals surface area contributed by atoms with Crippen molar-refractivity contribution >= 4 is 5.97 Å². The van der Waals surface area contributed by atoms with Gasteiger partial charge in [-0.05, 0) is 19.4 Å². The van der Waals surface area contributed by atoms with Crippen molar-refractivity contribution in [3.05, 3.63) is 35.9 Å². The van der Waals surface area contributed by atoms with Gasteiger partial charge in [-0.3, -0.25) is 0 Å². The molecule has 98 valence electrons. The lowest BCUT2D eigenvalue weighted by atomic mass is 9.62. The van der Waals surface area contributed by atoms with Crippen LogP contribution >= 0.6 is 0 Å². The van der Waals surface area contributed by atoms with Crippen LogP contribution in [0.2, 0.25) is 0 Å². The zero-order chi connectivity index (χ0) is 13.4. The summed E-state index contributed by atoms with van der Waals surface area (Å²) in [6, 6.07) is 9.60. The van der Waals surface area contributed by atoms with Crippen LogP contribution in [0.4, 0.5) is 0 Å². The molecule has 1 fully saturated rings. The Bertz CT molecular complexity index is 438. The molecular weight excluding hydrogens is 228 g/mol. The molecular formula is C15H20O3. The van der Waals surface area contributed by atoms with Crippen molar-refractivity contribution in [3.8, 4) is 0 Å². The van der Waals surface area contributed by atoms with Crippen LogP contribution < -0.4 is 0 Å². The van der Waals surface area contributed by atoms with E-state index in [2.05, 4.69) is 0 Å². The summed E-state index contributed by atoms with van der Waals surface area (Å²) < 4.78 is 11.1. The van der Waals surface area contributed by atoms with E-state index in [0.717, 1.165) is 5.56 Å². The van der Waals surface area contributed by atoms with E-state index in [4.69, 9.17) is 9.47 Å². The van der Waals surface area contributed by atoms with Gasteiger partial charge in [-0.15, -0.1) is 0 Å². The molecule has 1 saturated heterocycles. The normalized spacial score (nSPS) is 29.4. The molecule has 0 aliphatic carbocycles. The molecule has 0 N–H and O–H groups in total. The van der Waals surface area contributed by atoms with Crippen molar-refractivity contribution in [1.82, 2.24) is 0 Å². The van der Waals surface area contributed by atoms with Gasteiger partial charge in [0.15, 0.2) is 5.60 Å². The first kappa shape index (κ1) is 13.1. The average molecular weight is 248 g/mol. The molecule has 1 aliphatic heterocycles. The van der Waals surface area contributed by atoms with Crippen molar-refractivity contribution in [3.63, 3.8) is 0 Å². The maximum atomic E-state index is 12.4. The number of benzene rings is 1. The van der Waals surface area contributed by atoms with Gasteiger partial charge < -0.3 is 9.47 Å². The summed E-state index contributed by atoms with van der Waals surface area (Å²) in [5, 5.41) is 0. The molecule has 0 spiro atoms. The van der Waals surface area contributed by atoms with Crippen LogP contribution in [0, 0.1) is 5.41 Å². The maximum Gasteiger partial charge on any atom is 0.343 e. The van der Waals surface area contributed by atoms with Crippen molar-refractivity contribution in [1.29, 1.82) is 0 Å². The highest BCUT2D eigenvalue weighted by molar-refractivity contribution is 5.84. The molecule has 0 bridgehead atoms. The van der Waals surface area contributed by atoms with E-state index in [-0.39, 0.29) is 17.5 Å². The molecule has 1 heterocycles. The Balaban J connectivity index is 2.46. The Morgan fingerprint density at radius 2 is 1.94 bits per heavy atom. The third-order valence-corrected chi connectivity index (χ3v) is 4.02. The molecule has 0 aromatic heterocycles. The average Bonchev–Trinajstić information content (AvgIpc) is 2.36. The third kappa shape index (κ3) is 1.57. The molecule has 18 heavy (non-hydrogen) atoms. The van der Waals surface area contributed by atoms with E-state index in [9.17, 15) is 4.79 Å². The fraction of sp³-hybridized carbons (Fsp3) is 0.533. The lowest BCUT2D eigenvalue weighted by Crippen LogP contribution is -2.67. The van der Waals surface area contributed by atoms with Gasteiger partial charge >= 0.3 is 5.97 Å². The Morgan fingerprint density at radius 1 is 1.33 bits per heavy atom. The predicted octanol–water partition coefficient (Wildman–Crippen LogP) is 2.89. The second-order valence-corrected chi connectivity index (χ2v) is 5.25. The first-order valence-electron chi connectivity index (χ1n) is 6.37. The van der Waals surface area contributed by atoms with Gasteiger partial charge in [0.1, 0.15) is 0 Å². The predicted molar refractivity (Wildman–Crippen MR) is 69.1 cm³/mol. The molecule has 0 saturated carbocycles. The number of hydrogen-bond donors (Lipinski definition) is 0. The van der Waals surface area contributed by atoms with E-state index in [1.54, 1.807) is 0 Å². The van der Waals surface area contributed by atoms with Crippen LogP contribution in [0.25, 0.3) is 0 Å². The Labute approximate surface area is 108 Å². The number of rotatable bonds is 3. The van der Waals surface area contributed by atoms with Gasteiger partial charge in [-0.25, -0.2) is 4.79 Å². The molecule has 0 unspecified atom stereocenters. The Hall–Kier alpha value is -1.35. The van der Waals surface area contributed by atoms with Crippen LogP contribution in [0.3, 0.4) is 0 Å². The molecule has 3 nitrogen and oxygen atoms in total. The second kappa shape index (κ2) is 4.39. The minimum atomic E-state index is -0.969. The lowest BCUT2D eigenvalue weighted by molar-refractivity contribution is -0.304. The largest absolute Gasteiger partial charge is 0.464 e. The number of carbonyl (C=O) groups excluding carboxylic acids is 1. The topological polar surface area (TPSA) is 35.5 Å². The molecule has 1 aromatic carbocycles. The zero-order valence-electron chi connectivity index (χ0n) is 11.4. The highest BCUT2D eigenvalue weighted by Gasteiger charge is 2.66. The Kier molecular flexibility index (Phi) is 3.20.